The Balaban J connectivity index is 2.00. The lowest BCUT2D eigenvalue weighted by molar-refractivity contribution is 0.319. The SMILES string of the molecule is COc1cccc(CCOc2cccc(F)c2C#N)c1. The van der Waals surface area contributed by atoms with Gasteiger partial charge in [0.2, 0.25) is 0 Å². The lowest BCUT2D eigenvalue weighted by Gasteiger charge is -2.09. The van der Waals surface area contributed by atoms with Gasteiger partial charge in [0.25, 0.3) is 0 Å². The van der Waals surface area contributed by atoms with Gasteiger partial charge < -0.3 is 9.47 Å². The van der Waals surface area contributed by atoms with E-state index in [4.69, 9.17) is 14.7 Å². The van der Waals surface area contributed by atoms with Gasteiger partial charge in [-0.15, -0.1) is 0 Å². The van der Waals surface area contributed by atoms with E-state index in [0.717, 1.165) is 11.3 Å². The molecule has 0 spiro atoms. The van der Waals surface area contributed by atoms with E-state index in [1.54, 1.807) is 13.2 Å². The predicted octanol–water partition coefficient (Wildman–Crippen LogP) is 3.33. The van der Waals surface area contributed by atoms with Crippen LogP contribution in [0.4, 0.5) is 4.39 Å². The molecule has 0 fully saturated rings. The van der Waals surface area contributed by atoms with E-state index in [9.17, 15) is 4.39 Å². The molecule has 0 N–H and O–H groups in total. The van der Waals surface area contributed by atoms with E-state index in [-0.39, 0.29) is 11.3 Å². The highest BCUT2D eigenvalue weighted by molar-refractivity contribution is 5.43. The number of hydrogen-bond acceptors (Lipinski definition) is 3. The average molecular weight is 271 g/mol. The summed E-state index contributed by atoms with van der Waals surface area (Å²) in [7, 11) is 1.61. The largest absolute Gasteiger partial charge is 0.497 e. The van der Waals surface area contributed by atoms with Crippen LogP contribution in [0.1, 0.15) is 11.1 Å². The van der Waals surface area contributed by atoms with Crippen LogP contribution in [0, 0.1) is 17.1 Å². The Morgan fingerprint density at radius 2 is 2.00 bits per heavy atom. The summed E-state index contributed by atoms with van der Waals surface area (Å²) < 4.78 is 24.0. The van der Waals surface area contributed by atoms with Crippen LogP contribution in [0.5, 0.6) is 11.5 Å². The second-order valence-corrected chi connectivity index (χ2v) is 4.17. The molecule has 102 valence electrons. The van der Waals surface area contributed by atoms with Gasteiger partial charge in [-0.25, -0.2) is 4.39 Å². The minimum atomic E-state index is -0.564. The van der Waals surface area contributed by atoms with E-state index < -0.39 is 5.82 Å². The predicted molar refractivity (Wildman–Crippen MR) is 73.3 cm³/mol. The van der Waals surface area contributed by atoms with E-state index in [0.29, 0.717) is 13.0 Å². The van der Waals surface area contributed by atoms with Crippen LogP contribution in [0.25, 0.3) is 0 Å². The third kappa shape index (κ3) is 3.27. The maximum absolute atomic E-state index is 13.4. The molecule has 0 radical (unpaired) electrons. The molecule has 0 aliphatic carbocycles. The van der Waals surface area contributed by atoms with Crippen LogP contribution in [-0.2, 0) is 6.42 Å². The van der Waals surface area contributed by atoms with Gasteiger partial charge in [-0.3, -0.25) is 0 Å². The van der Waals surface area contributed by atoms with Gasteiger partial charge in [0.15, 0.2) is 0 Å². The van der Waals surface area contributed by atoms with Crippen molar-refractivity contribution in [2.75, 3.05) is 13.7 Å². The molecule has 0 aromatic heterocycles. The molecule has 3 nitrogen and oxygen atoms in total. The quantitative estimate of drug-likeness (QED) is 0.837. The molecule has 2 rings (SSSR count). The van der Waals surface area contributed by atoms with Gasteiger partial charge in [0.05, 0.1) is 13.7 Å². The number of hydrogen-bond donors (Lipinski definition) is 0. The molecule has 0 amide bonds. The number of rotatable bonds is 5. The number of methoxy groups -OCH3 is 1. The second kappa shape index (κ2) is 6.58. The zero-order valence-corrected chi connectivity index (χ0v) is 11.1. The van der Waals surface area contributed by atoms with E-state index in [1.807, 2.05) is 30.3 Å². The molecule has 0 saturated carbocycles. The zero-order chi connectivity index (χ0) is 14.4. The molecule has 0 aliphatic heterocycles. The third-order valence-electron chi connectivity index (χ3n) is 2.87. The van der Waals surface area contributed by atoms with Crippen LogP contribution in [0.15, 0.2) is 42.5 Å². The lowest BCUT2D eigenvalue weighted by Crippen LogP contribution is -2.03. The first-order valence-corrected chi connectivity index (χ1v) is 6.19. The molecule has 0 aliphatic rings. The van der Waals surface area contributed by atoms with Crippen LogP contribution in [0.2, 0.25) is 0 Å². The summed E-state index contributed by atoms with van der Waals surface area (Å²) in [6, 6.07) is 13.8. The molecule has 0 atom stereocenters. The molecule has 0 unspecified atom stereocenters. The smallest absolute Gasteiger partial charge is 0.144 e. The monoisotopic (exact) mass is 271 g/mol. The summed E-state index contributed by atoms with van der Waals surface area (Å²) in [5.41, 5.74) is 0.998. The lowest BCUT2D eigenvalue weighted by atomic mass is 10.1. The minimum absolute atomic E-state index is 0.0573. The van der Waals surface area contributed by atoms with Gasteiger partial charge in [0.1, 0.15) is 28.9 Å². The molecular weight excluding hydrogens is 257 g/mol. The Hall–Kier alpha value is -2.54. The minimum Gasteiger partial charge on any atom is -0.497 e. The van der Waals surface area contributed by atoms with Crippen molar-refractivity contribution in [2.45, 2.75) is 6.42 Å². The standard InChI is InChI=1S/C16H14FNO2/c1-19-13-5-2-4-12(10-13)8-9-20-16-7-3-6-15(17)14(16)11-18/h2-7,10H,8-9H2,1H3. The molecule has 4 heteroatoms. The normalized spacial score (nSPS) is 9.85. The summed E-state index contributed by atoms with van der Waals surface area (Å²) in [6.07, 6.45) is 0.651. The van der Waals surface area contributed by atoms with Crippen LogP contribution >= 0.6 is 0 Å². The molecule has 0 saturated heterocycles. The topological polar surface area (TPSA) is 42.2 Å². The molecule has 0 heterocycles. The maximum atomic E-state index is 13.4. The summed E-state index contributed by atoms with van der Waals surface area (Å²) in [4.78, 5) is 0. The zero-order valence-electron chi connectivity index (χ0n) is 11.1. The van der Waals surface area contributed by atoms with E-state index in [2.05, 4.69) is 0 Å². The van der Waals surface area contributed by atoms with Crippen molar-refractivity contribution in [1.82, 2.24) is 0 Å². The Morgan fingerprint density at radius 1 is 1.20 bits per heavy atom. The Kier molecular flexibility index (Phi) is 4.56. The number of nitrogens with zero attached hydrogens (tertiary/aromatic N) is 1. The third-order valence-corrected chi connectivity index (χ3v) is 2.87. The number of halogens is 1. The molecule has 2 aromatic carbocycles. The Labute approximate surface area is 117 Å². The Morgan fingerprint density at radius 3 is 2.75 bits per heavy atom. The number of ether oxygens (including phenoxy) is 2. The van der Waals surface area contributed by atoms with Crippen molar-refractivity contribution in [3.63, 3.8) is 0 Å². The van der Waals surface area contributed by atoms with Gasteiger partial charge in [-0.05, 0) is 29.8 Å². The summed E-state index contributed by atoms with van der Waals surface area (Å²) in [5, 5.41) is 8.90. The maximum Gasteiger partial charge on any atom is 0.144 e. The van der Waals surface area contributed by atoms with Crippen LogP contribution in [0.3, 0.4) is 0 Å². The average Bonchev–Trinajstić information content (AvgIpc) is 2.48. The summed E-state index contributed by atoms with van der Waals surface area (Å²) >= 11 is 0. The van der Waals surface area contributed by atoms with Crippen molar-refractivity contribution in [3.05, 3.63) is 59.4 Å². The van der Waals surface area contributed by atoms with Gasteiger partial charge >= 0.3 is 0 Å². The van der Waals surface area contributed by atoms with E-state index >= 15 is 0 Å². The first kappa shape index (κ1) is 13.9. The van der Waals surface area contributed by atoms with Crippen LogP contribution in [-0.4, -0.2) is 13.7 Å². The first-order chi connectivity index (χ1) is 9.74. The van der Waals surface area contributed by atoms with E-state index in [1.165, 1.54) is 12.1 Å². The fourth-order valence-electron chi connectivity index (χ4n) is 1.84. The van der Waals surface area contributed by atoms with Crippen molar-refractivity contribution >= 4 is 0 Å². The highest BCUT2D eigenvalue weighted by Crippen LogP contribution is 2.21. The fourth-order valence-corrected chi connectivity index (χ4v) is 1.84. The van der Waals surface area contributed by atoms with Gasteiger partial charge in [-0.2, -0.15) is 5.26 Å². The number of nitriles is 1. The highest BCUT2D eigenvalue weighted by Gasteiger charge is 2.08. The van der Waals surface area contributed by atoms with Crippen LogP contribution < -0.4 is 9.47 Å². The highest BCUT2D eigenvalue weighted by atomic mass is 19.1. The van der Waals surface area contributed by atoms with Gasteiger partial charge in [0, 0.05) is 6.42 Å². The van der Waals surface area contributed by atoms with Crippen molar-refractivity contribution in [3.8, 4) is 17.6 Å². The van der Waals surface area contributed by atoms with Crippen molar-refractivity contribution in [2.24, 2.45) is 0 Å². The number of benzene rings is 2. The molecule has 2 aromatic rings. The summed E-state index contributed by atoms with van der Waals surface area (Å²) in [5.74, 6) is 0.493. The van der Waals surface area contributed by atoms with Gasteiger partial charge in [-0.1, -0.05) is 18.2 Å². The molecule has 20 heavy (non-hydrogen) atoms. The second-order valence-electron chi connectivity index (χ2n) is 4.17. The fraction of sp³-hybridized carbons (Fsp3) is 0.188. The van der Waals surface area contributed by atoms with Crippen molar-refractivity contribution < 1.29 is 13.9 Å². The first-order valence-electron chi connectivity index (χ1n) is 6.19. The molecular formula is C16H14FNO2. The summed E-state index contributed by atoms with van der Waals surface area (Å²) in [6.45, 7) is 0.366. The molecule has 0 bridgehead atoms. The Bertz CT molecular complexity index is 635. The van der Waals surface area contributed by atoms with Crippen molar-refractivity contribution in [1.29, 1.82) is 5.26 Å².